The van der Waals surface area contributed by atoms with Gasteiger partial charge in [-0.3, -0.25) is 4.57 Å². The molecule has 33 heavy (non-hydrogen) atoms. The predicted octanol–water partition coefficient (Wildman–Crippen LogP) is 7.76. The lowest BCUT2D eigenvalue weighted by Gasteiger charge is -2.36. The molecular formula is C27H39N2O3P. The molecule has 0 heterocycles. The number of nitrogens with zero attached hydrogens (tertiary/aromatic N) is 1. The standard InChI is InChI=1S/C27H39N2O3P/c1-29(2)24-20-18-22(19-21-24)27(28-23-12-6-3-7-13-23)33(30,31-25-14-8-4-9-15-25)32-26-16-10-5-11-17-26/h3,6-7,12-13,18-21,25-28H,4-5,8-11,14-17H2,1-2H3/t27-/m1/s1. The lowest BCUT2D eigenvalue weighted by Crippen LogP contribution is -2.25. The van der Waals surface area contributed by atoms with E-state index < -0.39 is 13.4 Å². The summed E-state index contributed by atoms with van der Waals surface area (Å²) in [7, 11) is 0.534. The van der Waals surface area contributed by atoms with E-state index in [4.69, 9.17) is 9.05 Å². The molecule has 2 saturated carbocycles. The summed E-state index contributed by atoms with van der Waals surface area (Å²) in [5.41, 5.74) is 2.95. The lowest BCUT2D eigenvalue weighted by atomic mass is 9.98. The van der Waals surface area contributed by atoms with E-state index in [9.17, 15) is 4.57 Å². The largest absolute Gasteiger partial charge is 0.378 e. The van der Waals surface area contributed by atoms with Gasteiger partial charge in [-0.25, -0.2) is 0 Å². The van der Waals surface area contributed by atoms with Gasteiger partial charge in [-0.1, -0.05) is 68.9 Å². The van der Waals surface area contributed by atoms with Gasteiger partial charge in [-0.15, -0.1) is 0 Å². The van der Waals surface area contributed by atoms with Gasteiger partial charge in [-0.2, -0.15) is 0 Å². The molecule has 1 atom stereocenters. The number of nitrogens with one attached hydrogen (secondary N) is 1. The molecule has 2 fully saturated rings. The Bertz CT molecular complexity index is 867. The SMILES string of the molecule is CN(C)c1ccc([C@H](Nc2ccccc2)P(=O)(OC2CCCCC2)OC2CCCCC2)cc1. The van der Waals surface area contributed by atoms with Crippen molar-refractivity contribution >= 4 is 19.0 Å². The smallest absolute Gasteiger partial charge is 0.357 e. The second-order valence-corrected chi connectivity index (χ2v) is 11.7. The van der Waals surface area contributed by atoms with Gasteiger partial charge in [0.1, 0.15) is 0 Å². The van der Waals surface area contributed by atoms with Crippen LogP contribution >= 0.6 is 7.60 Å². The summed E-state index contributed by atoms with van der Waals surface area (Å²) >= 11 is 0. The molecule has 0 unspecified atom stereocenters. The molecule has 0 aromatic heterocycles. The molecule has 2 aliphatic rings. The maximum Gasteiger partial charge on any atom is 0.357 e. The van der Waals surface area contributed by atoms with Crippen molar-refractivity contribution in [3.05, 3.63) is 60.2 Å². The van der Waals surface area contributed by atoms with E-state index in [-0.39, 0.29) is 12.2 Å². The number of benzene rings is 2. The van der Waals surface area contributed by atoms with E-state index in [1.807, 2.05) is 44.4 Å². The molecule has 0 spiro atoms. The Kier molecular flexibility index (Phi) is 8.51. The molecule has 0 bridgehead atoms. The molecule has 0 amide bonds. The van der Waals surface area contributed by atoms with Gasteiger partial charge in [0.15, 0.2) is 5.78 Å². The second-order valence-electron chi connectivity index (χ2n) is 9.67. The summed E-state index contributed by atoms with van der Waals surface area (Å²) in [4.78, 5) is 2.07. The van der Waals surface area contributed by atoms with Crippen LogP contribution in [0.15, 0.2) is 54.6 Å². The van der Waals surface area contributed by atoms with Gasteiger partial charge in [0, 0.05) is 25.5 Å². The van der Waals surface area contributed by atoms with Crippen LogP contribution in [0.1, 0.15) is 75.6 Å². The van der Waals surface area contributed by atoms with Crippen LogP contribution in [0, 0.1) is 0 Å². The maximum atomic E-state index is 14.8. The van der Waals surface area contributed by atoms with Crippen LogP contribution in [-0.4, -0.2) is 26.3 Å². The summed E-state index contributed by atoms with van der Waals surface area (Å²) in [6.45, 7) is 0. The fourth-order valence-electron chi connectivity index (χ4n) is 4.90. The van der Waals surface area contributed by atoms with Gasteiger partial charge in [0.05, 0.1) is 12.2 Å². The highest BCUT2D eigenvalue weighted by atomic mass is 31.2. The number of rotatable bonds is 9. The monoisotopic (exact) mass is 470 g/mol. The lowest BCUT2D eigenvalue weighted by molar-refractivity contribution is 0.0758. The van der Waals surface area contributed by atoms with Crippen LogP contribution in [0.25, 0.3) is 0 Å². The third kappa shape index (κ3) is 6.62. The summed E-state index contributed by atoms with van der Waals surface area (Å²) in [6.07, 6.45) is 10.8. The maximum absolute atomic E-state index is 14.8. The van der Waals surface area contributed by atoms with Crippen molar-refractivity contribution in [2.24, 2.45) is 0 Å². The first kappa shape index (κ1) is 24.3. The van der Waals surface area contributed by atoms with Gasteiger partial charge >= 0.3 is 7.60 Å². The molecule has 4 rings (SSSR count). The van der Waals surface area contributed by atoms with Crippen LogP contribution in [-0.2, 0) is 13.6 Å². The first-order valence-electron chi connectivity index (χ1n) is 12.6. The summed E-state index contributed by atoms with van der Waals surface area (Å²) in [6, 6.07) is 18.2. The first-order valence-corrected chi connectivity index (χ1v) is 14.2. The summed E-state index contributed by atoms with van der Waals surface area (Å²) in [5.74, 6) is -0.556. The van der Waals surface area contributed by atoms with E-state index in [2.05, 4.69) is 34.5 Å². The Labute approximate surface area is 199 Å². The number of hydrogen-bond acceptors (Lipinski definition) is 5. The van der Waals surface area contributed by atoms with Gasteiger partial charge in [0.25, 0.3) is 0 Å². The zero-order valence-electron chi connectivity index (χ0n) is 20.1. The molecule has 0 aliphatic heterocycles. The van der Waals surface area contributed by atoms with Crippen LogP contribution in [0.4, 0.5) is 11.4 Å². The normalized spacial score (nSPS) is 19.2. The van der Waals surface area contributed by atoms with Gasteiger partial charge < -0.3 is 19.3 Å². The third-order valence-corrected chi connectivity index (χ3v) is 9.06. The average Bonchev–Trinajstić information content (AvgIpc) is 2.84. The molecule has 5 nitrogen and oxygen atoms in total. The molecule has 0 saturated heterocycles. The van der Waals surface area contributed by atoms with Crippen LogP contribution in [0.3, 0.4) is 0 Å². The van der Waals surface area contributed by atoms with Gasteiger partial charge in [-0.05, 0) is 55.5 Å². The van der Waals surface area contributed by atoms with E-state index in [1.165, 1.54) is 12.8 Å². The van der Waals surface area contributed by atoms with Crippen molar-refractivity contribution in [3.63, 3.8) is 0 Å². The molecule has 2 aromatic carbocycles. The highest BCUT2D eigenvalue weighted by Gasteiger charge is 2.42. The summed E-state index contributed by atoms with van der Waals surface area (Å²) < 4.78 is 27.8. The van der Waals surface area contributed by atoms with Crippen molar-refractivity contribution < 1.29 is 13.6 Å². The third-order valence-electron chi connectivity index (χ3n) is 6.82. The van der Waals surface area contributed by atoms with Crippen molar-refractivity contribution in [1.82, 2.24) is 0 Å². The molecule has 180 valence electrons. The number of hydrogen-bond donors (Lipinski definition) is 1. The van der Waals surface area contributed by atoms with Crippen LogP contribution in [0.5, 0.6) is 0 Å². The first-order chi connectivity index (χ1) is 16.0. The Hall–Kier alpha value is -1.81. The molecule has 0 radical (unpaired) electrons. The van der Waals surface area contributed by atoms with Crippen molar-refractivity contribution in [3.8, 4) is 0 Å². The fraction of sp³-hybridized carbons (Fsp3) is 0.556. The van der Waals surface area contributed by atoms with Crippen molar-refractivity contribution in [1.29, 1.82) is 0 Å². The molecule has 1 N–H and O–H groups in total. The quantitative estimate of drug-likeness (QED) is 0.380. The Morgan fingerprint density at radius 1 is 0.788 bits per heavy atom. The minimum absolute atomic E-state index is 0.00528. The average molecular weight is 471 g/mol. The van der Waals surface area contributed by atoms with Crippen molar-refractivity contribution in [2.45, 2.75) is 82.2 Å². The molecule has 2 aliphatic carbocycles. The van der Waals surface area contributed by atoms with E-state index in [0.717, 1.165) is 68.3 Å². The van der Waals surface area contributed by atoms with Gasteiger partial charge in [0.2, 0.25) is 0 Å². The zero-order chi connectivity index (χ0) is 23.1. The van der Waals surface area contributed by atoms with Crippen LogP contribution < -0.4 is 10.2 Å². The van der Waals surface area contributed by atoms with E-state index in [1.54, 1.807) is 0 Å². The van der Waals surface area contributed by atoms with E-state index >= 15 is 0 Å². The Morgan fingerprint density at radius 3 is 1.79 bits per heavy atom. The van der Waals surface area contributed by atoms with Crippen LogP contribution in [0.2, 0.25) is 0 Å². The summed E-state index contributed by atoms with van der Waals surface area (Å²) in [5, 5.41) is 3.54. The number of para-hydroxylation sites is 1. The zero-order valence-corrected chi connectivity index (χ0v) is 21.0. The van der Waals surface area contributed by atoms with Crippen molar-refractivity contribution in [2.75, 3.05) is 24.3 Å². The highest BCUT2D eigenvalue weighted by molar-refractivity contribution is 7.54. The van der Waals surface area contributed by atoms with E-state index in [0.29, 0.717) is 0 Å². The molecule has 2 aromatic rings. The topological polar surface area (TPSA) is 50.8 Å². The second kappa shape index (κ2) is 11.6. The number of anilines is 2. The Morgan fingerprint density at radius 2 is 1.30 bits per heavy atom. The molecule has 6 heteroatoms. The Balaban J connectivity index is 1.68. The predicted molar refractivity (Wildman–Crippen MR) is 137 cm³/mol. The fourth-order valence-corrected chi connectivity index (χ4v) is 7.29. The minimum Gasteiger partial charge on any atom is -0.378 e. The highest BCUT2D eigenvalue weighted by Crippen LogP contribution is 2.64. The molecular weight excluding hydrogens is 431 g/mol. The minimum atomic E-state index is -3.52.